The summed E-state index contributed by atoms with van der Waals surface area (Å²) in [4.78, 5) is 16.3. The van der Waals surface area contributed by atoms with Gasteiger partial charge in [0.2, 0.25) is 0 Å². The third-order valence-electron chi connectivity index (χ3n) is 3.74. The van der Waals surface area contributed by atoms with E-state index in [1.807, 2.05) is 61.5 Å². The minimum Gasteiger partial charge on any atom is -0.457 e. The maximum absolute atomic E-state index is 11.9. The molecule has 0 saturated heterocycles. The van der Waals surface area contributed by atoms with Crippen LogP contribution in [0.15, 0.2) is 66.7 Å². The molecule has 6 heteroatoms. The molecule has 1 heterocycles. The van der Waals surface area contributed by atoms with E-state index in [4.69, 9.17) is 4.74 Å². The fraction of sp³-hybridized carbons (Fsp3) is 0.100. The van der Waals surface area contributed by atoms with E-state index in [9.17, 15) is 4.79 Å². The lowest BCUT2D eigenvalue weighted by Crippen LogP contribution is -2.16. The Morgan fingerprint density at radius 2 is 1.69 bits per heavy atom. The van der Waals surface area contributed by atoms with Crippen LogP contribution in [0.25, 0.3) is 0 Å². The minimum absolute atomic E-state index is 0.296. The lowest BCUT2D eigenvalue weighted by Gasteiger charge is -2.11. The third-order valence-corrected chi connectivity index (χ3v) is 3.95. The number of ether oxygens (including phenoxy) is 1. The van der Waals surface area contributed by atoms with Gasteiger partial charge in [0.05, 0.1) is 5.56 Å². The molecule has 0 fully saturated rings. The summed E-state index contributed by atoms with van der Waals surface area (Å²) >= 11 is 3.82. The van der Waals surface area contributed by atoms with Crippen molar-refractivity contribution in [1.82, 2.24) is 9.71 Å². The number of nitrogens with zero attached hydrogens (tertiary/aromatic N) is 1. The van der Waals surface area contributed by atoms with E-state index in [2.05, 4.69) is 27.8 Å². The van der Waals surface area contributed by atoms with Crippen molar-refractivity contribution in [2.75, 3.05) is 5.32 Å². The highest BCUT2D eigenvalue weighted by Gasteiger charge is 2.11. The number of amides is 1. The number of rotatable bonds is 6. The average molecular weight is 365 g/mol. The lowest BCUT2D eigenvalue weighted by molar-refractivity contribution is 0.0985. The Bertz CT molecular complexity index is 883. The van der Waals surface area contributed by atoms with Gasteiger partial charge in [-0.15, -0.1) is 0 Å². The first-order valence-corrected chi connectivity index (χ1v) is 8.58. The Balaban J connectivity index is 1.67. The van der Waals surface area contributed by atoms with Gasteiger partial charge in [0.1, 0.15) is 17.3 Å². The fourth-order valence-electron chi connectivity index (χ4n) is 2.42. The van der Waals surface area contributed by atoms with Crippen molar-refractivity contribution in [3.63, 3.8) is 0 Å². The number of hydrogen-bond donors (Lipinski definition) is 3. The van der Waals surface area contributed by atoms with E-state index in [1.54, 1.807) is 12.1 Å². The molecular weight excluding hydrogens is 346 g/mol. The summed E-state index contributed by atoms with van der Waals surface area (Å²) in [7, 11) is 0. The Labute approximate surface area is 158 Å². The smallest absolute Gasteiger partial charge is 0.264 e. The number of aromatic nitrogens is 1. The average Bonchev–Trinajstić information content (AvgIpc) is 2.68. The topological polar surface area (TPSA) is 63.2 Å². The van der Waals surface area contributed by atoms with E-state index in [0.29, 0.717) is 17.9 Å². The monoisotopic (exact) mass is 365 g/mol. The summed E-state index contributed by atoms with van der Waals surface area (Å²) < 4.78 is 8.11. The second-order valence-electron chi connectivity index (χ2n) is 5.70. The summed E-state index contributed by atoms with van der Waals surface area (Å²) in [6.45, 7) is 2.41. The molecule has 0 atom stereocenters. The van der Waals surface area contributed by atoms with Crippen molar-refractivity contribution in [2.45, 2.75) is 13.5 Å². The normalized spacial score (nSPS) is 10.2. The number of carbonyl (C=O) groups excluding carboxylic acids is 1. The van der Waals surface area contributed by atoms with E-state index < -0.39 is 0 Å². The van der Waals surface area contributed by atoms with Crippen molar-refractivity contribution in [2.24, 2.45) is 0 Å². The van der Waals surface area contributed by atoms with Gasteiger partial charge in [-0.25, -0.2) is 4.98 Å². The molecule has 0 aliphatic heterocycles. The second-order valence-corrected chi connectivity index (χ2v) is 5.93. The number of thiol groups is 1. The zero-order valence-electron chi connectivity index (χ0n) is 14.3. The van der Waals surface area contributed by atoms with Crippen molar-refractivity contribution in [1.29, 1.82) is 0 Å². The molecule has 0 aliphatic carbocycles. The van der Waals surface area contributed by atoms with Gasteiger partial charge in [-0.1, -0.05) is 43.1 Å². The predicted molar refractivity (Wildman–Crippen MR) is 106 cm³/mol. The van der Waals surface area contributed by atoms with Gasteiger partial charge < -0.3 is 10.1 Å². The van der Waals surface area contributed by atoms with Gasteiger partial charge in [0.15, 0.2) is 0 Å². The molecule has 3 rings (SSSR count). The zero-order chi connectivity index (χ0) is 18.4. The zero-order valence-corrected chi connectivity index (χ0v) is 15.2. The maximum atomic E-state index is 11.9. The van der Waals surface area contributed by atoms with Gasteiger partial charge in [-0.2, -0.15) is 0 Å². The van der Waals surface area contributed by atoms with Crippen LogP contribution < -0.4 is 14.8 Å². The number of pyridine rings is 1. The lowest BCUT2D eigenvalue weighted by atomic mass is 10.2. The summed E-state index contributed by atoms with van der Waals surface area (Å²) in [6, 6.07) is 20.9. The fourth-order valence-corrected chi connectivity index (χ4v) is 2.54. The Morgan fingerprint density at radius 1 is 1.00 bits per heavy atom. The van der Waals surface area contributed by atoms with Crippen LogP contribution in [0.2, 0.25) is 0 Å². The minimum atomic E-state index is -0.296. The standard InChI is InChI=1S/C20H19N3O2S/c1-14-7-12-18(20(24)23-26)19(22-14)21-13-15-8-10-17(11-9-15)25-16-5-3-2-4-6-16/h2-12,26H,13H2,1H3,(H,21,22)(H,23,24). The summed E-state index contributed by atoms with van der Waals surface area (Å²) in [5, 5.41) is 3.21. The van der Waals surface area contributed by atoms with Gasteiger partial charge >= 0.3 is 0 Å². The highest BCUT2D eigenvalue weighted by atomic mass is 32.1. The van der Waals surface area contributed by atoms with Crippen molar-refractivity contribution in [3.8, 4) is 11.5 Å². The number of anilines is 1. The number of para-hydroxylation sites is 1. The number of nitrogens with one attached hydrogen (secondary N) is 2. The molecule has 0 spiro atoms. The predicted octanol–water partition coefficient (Wildman–Crippen LogP) is 4.37. The molecule has 2 aromatic carbocycles. The van der Waals surface area contributed by atoms with E-state index in [0.717, 1.165) is 22.8 Å². The first kappa shape index (κ1) is 17.8. The van der Waals surface area contributed by atoms with Gasteiger partial charge in [0, 0.05) is 12.2 Å². The number of benzene rings is 2. The molecule has 1 aromatic heterocycles. The molecule has 3 aromatic rings. The molecule has 0 saturated carbocycles. The molecule has 2 N–H and O–H groups in total. The molecule has 0 radical (unpaired) electrons. The van der Waals surface area contributed by atoms with Gasteiger partial charge in [0.25, 0.3) is 5.91 Å². The SMILES string of the molecule is Cc1ccc(C(=O)NS)c(NCc2ccc(Oc3ccccc3)cc2)n1. The molecule has 132 valence electrons. The van der Waals surface area contributed by atoms with Crippen molar-refractivity contribution < 1.29 is 9.53 Å². The Kier molecular flexibility index (Phi) is 5.76. The van der Waals surface area contributed by atoms with E-state index in [1.165, 1.54) is 0 Å². The van der Waals surface area contributed by atoms with Crippen LogP contribution in [-0.2, 0) is 6.54 Å². The highest BCUT2D eigenvalue weighted by molar-refractivity contribution is 7.78. The number of hydrogen-bond acceptors (Lipinski definition) is 5. The first-order chi connectivity index (χ1) is 12.7. The molecule has 0 aliphatic rings. The molecule has 0 unspecified atom stereocenters. The largest absolute Gasteiger partial charge is 0.457 e. The molecule has 0 bridgehead atoms. The second kappa shape index (κ2) is 8.40. The number of aryl methyl sites for hydroxylation is 1. The Morgan fingerprint density at radius 3 is 2.38 bits per heavy atom. The van der Waals surface area contributed by atoms with Gasteiger partial charge in [-0.05, 0) is 48.9 Å². The molecular formula is C20H19N3O2S. The summed E-state index contributed by atoms with van der Waals surface area (Å²) in [5.74, 6) is 1.80. The van der Waals surface area contributed by atoms with Crippen LogP contribution in [0.4, 0.5) is 5.82 Å². The van der Waals surface area contributed by atoms with E-state index >= 15 is 0 Å². The van der Waals surface area contributed by atoms with Gasteiger partial charge in [-0.3, -0.25) is 9.52 Å². The van der Waals surface area contributed by atoms with Crippen molar-refractivity contribution >= 4 is 24.5 Å². The molecule has 26 heavy (non-hydrogen) atoms. The third kappa shape index (κ3) is 4.55. The highest BCUT2D eigenvalue weighted by Crippen LogP contribution is 2.22. The maximum Gasteiger partial charge on any atom is 0.264 e. The van der Waals surface area contributed by atoms with Crippen LogP contribution in [0, 0.1) is 6.92 Å². The van der Waals surface area contributed by atoms with Crippen LogP contribution in [0.3, 0.4) is 0 Å². The quantitative estimate of drug-likeness (QED) is 0.568. The van der Waals surface area contributed by atoms with Crippen LogP contribution in [-0.4, -0.2) is 10.9 Å². The number of carbonyl (C=O) groups is 1. The summed E-state index contributed by atoms with van der Waals surface area (Å²) in [5.41, 5.74) is 2.33. The van der Waals surface area contributed by atoms with Crippen molar-refractivity contribution in [3.05, 3.63) is 83.6 Å². The summed E-state index contributed by atoms with van der Waals surface area (Å²) in [6.07, 6.45) is 0. The van der Waals surface area contributed by atoms with Crippen LogP contribution in [0.5, 0.6) is 11.5 Å². The first-order valence-electron chi connectivity index (χ1n) is 8.13. The molecule has 1 amide bonds. The van der Waals surface area contributed by atoms with Crippen LogP contribution >= 0.6 is 12.8 Å². The van der Waals surface area contributed by atoms with Crippen LogP contribution in [0.1, 0.15) is 21.6 Å². The Hall–Kier alpha value is -2.99. The van der Waals surface area contributed by atoms with E-state index in [-0.39, 0.29) is 5.91 Å². The molecule has 5 nitrogen and oxygen atoms in total.